The molecule has 0 unspecified atom stereocenters. The minimum Gasteiger partial charge on any atom is -0.386 e. The molecule has 0 aliphatic carbocycles. The van der Waals surface area contributed by atoms with Gasteiger partial charge in [-0.05, 0) is 37.9 Å². The molecule has 0 bridgehead atoms. The van der Waals surface area contributed by atoms with Gasteiger partial charge in [-0.3, -0.25) is 14.6 Å². The number of benzene rings is 1. The SMILES string of the molecule is C=N/C=C\C=C(/C)NC(=O)c1cc2cccc(NC)c2[nH]c1=O. The van der Waals surface area contributed by atoms with E-state index in [0.29, 0.717) is 11.2 Å². The minimum absolute atomic E-state index is 0.0596. The molecule has 0 aliphatic heterocycles. The van der Waals surface area contributed by atoms with Gasteiger partial charge < -0.3 is 15.6 Å². The highest BCUT2D eigenvalue weighted by atomic mass is 16.2. The van der Waals surface area contributed by atoms with Crippen molar-refractivity contribution < 1.29 is 4.79 Å². The second kappa shape index (κ2) is 7.22. The Morgan fingerprint density at radius 1 is 1.39 bits per heavy atom. The van der Waals surface area contributed by atoms with Crippen molar-refractivity contribution in [2.24, 2.45) is 4.99 Å². The van der Waals surface area contributed by atoms with Crippen LogP contribution in [-0.2, 0) is 0 Å². The summed E-state index contributed by atoms with van der Waals surface area (Å²) in [5.41, 5.74) is 1.69. The standard InChI is InChI=1S/C17H18N4O2/c1-11(6-5-9-18-2)20-16(22)13-10-12-7-4-8-14(19-3)15(12)21-17(13)23/h4-10,19H,2H2,1,3H3,(H,20,22)(H,21,23)/b9-5-,11-6+. The number of rotatable bonds is 5. The number of aromatic nitrogens is 1. The summed E-state index contributed by atoms with van der Waals surface area (Å²) >= 11 is 0. The van der Waals surface area contributed by atoms with E-state index in [0.717, 1.165) is 11.1 Å². The van der Waals surface area contributed by atoms with Gasteiger partial charge in [0.05, 0.1) is 11.2 Å². The van der Waals surface area contributed by atoms with Crippen LogP contribution in [0.25, 0.3) is 10.9 Å². The van der Waals surface area contributed by atoms with Gasteiger partial charge in [-0.2, -0.15) is 0 Å². The number of carbonyl (C=O) groups is 1. The van der Waals surface area contributed by atoms with Crippen LogP contribution in [0.15, 0.2) is 58.1 Å². The Morgan fingerprint density at radius 2 is 2.17 bits per heavy atom. The van der Waals surface area contributed by atoms with Crippen LogP contribution >= 0.6 is 0 Å². The summed E-state index contributed by atoms with van der Waals surface area (Å²) in [7, 11) is 1.77. The number of hydrogen-bond donors (Lipinski definition) is 3. The Morgan fingerprint density at radius 3 is 2.87 bits per heavy atom. The zero-order valence-corrected chi connectivity index (χ0v) is 13.0. The van der Waals surface area contributed by atoms with Crippen LogP contribution in [0.5, 0.6) is 0 Å². The van der Waals surface area contributed by atoms with Gasteiger partial charge in [-0.1, -0.05) is 12.1 Å². The Kier molecular flexibility index (Phi) is 5.09. The van der Waals surface area contributed by atoms with E-state index in [1.165, 1.54) is 6.20 Å². The van der Waals surface area contributed by atoms with Crippen molar-refractivity contribution >= 4 is 29.2 Å². The molecular formula is C17H18N4O2. The van der Waals surface area contributed by atoms with Crippen LogP contribution < -0.4 is 16.2 Å². The number of pyridine rings is 1. The molecule has 3 N–H and O–H groups in total. The van der Waals surface area contributed by atoms with E-state index in [9.17, 15) is 9.59 Å². The van der Waals surface area contributed by atoms with Gasteiger partial charge in [0.15, 0.2) is 0 Å². The van der Waals surface area contributed by atoms with E-state index >= 15 is 0 Å². The summed E-state index contributed by atoms with van der Waals surface area (Å²) in [5.74, 6) is -0.461. The third kappa shape index (κ3) is 3.74. The highest BCUT2D eigenvalue weighted by Crippen LogP contribution is 2.20. The summed E-state index contributed by atoms with van der Waals surface area (Å²) in [5, 5.41) is 6.44. The number of para-hydroxylation sites is 1. The monoisotopic (exact) mass is 310 g/mol. The highest BCUT2D eigenvalue weighted by molar-refractivity contribution is 6.00. The number of anilines is 1. The zero-order valence-electron chi connectivity index (χ0n) is 13.0. The average Bonchev–Trinajstić information content (AvgIpc) is 2.53. The Hall–Kier alpha value is -3.15. The van der Waals surface area contributed by atoms with Crippen LogP contribution in [0.2, 0.25) is 0 Å². The van der Waals surface area contributed by atoms with E-state index in [1.54, 1.807) is 32.2 Å². The zero-order chi connectivity index (χ0) is 16.8. The molecular weight excluding hydrogens is 292 g/mol. The fourth-order valence-electron chi connectivity index (χ4n) is 2.15. The normalized spacial score (nSPS) is 11.7. The number of amides is 1. The van der Waals surface area contributed by atoms with Crippen molar-refractivity contribution in [2.75, 3.05) is 12.4 Å². The Bertz CT molecular complexity index is 863. The van der Waals surface area contributed by atoms with E-state index in [4.69, 9.17) is 0 Å². The highest BCUT2D eigenvalue weighted by Gasteiger charge is 2.13. The Balaban J connectivity index is 2.36. The maximum atomic E-state index is 12.3. The first-order valence-corrected chi connectivity index (χ1v) is 7.01. The molecule has 0 atom stereocenters. The molecule has 0 spiro atoms. The van der Waals surface area contributed by atoms with Crippen molar-refractivity contribution in [1.29, 1.82) is 0 Å². The molecule has 2 aromatic rings. The molecule has 6 nitrogen and oxygen atoms in total. The fraction of sp³-hybridized carbons (Fsp3) is 0.118. The lowest BCUT2D eigenvalue weighted by Crippen LogP contribution is -2.28. The van der Waals surface area contributed by atoms with E-state index in [2.05, 4.69) is 27.3 Å². The lowest BCUT2D eigenvalue weighted by Gasteiger charge is -2.08. The van der Waals surface area contributed by atoms with E-state index in [-0.39, 0.29) is 5.56 Å². The van der Waals surface area contributed by atoms with Gasteiger partial charge in [-0.25, -0.2) is 0 Å². The molecule has 23 heavy (non-hydrogen) atoms. The second-order valence-corrected chi connectivity index (χ2v) is 4.86. The number of aliphatic imine (C=N–C) groups is 1. The van der Waals surface area contributed by atoms with Crippen molar-refractivity contribution in [3.8, 4) is 0 Å². The first kappa shape index (κ1) is 16.2. The van der Waals surface area contributed by atoms with E-state index in [1.807, 2.05) is 18.2 Å². The van der Waals surface area contributed by atoms with Gasteiger partial charge in [0.25, 0.3) is 11.5 Å². The molecule has 0 aliphatic rings. The van der Waals surface area contributed by atoms with Crippen molar-refractivity contribution in [3.05, 3.63) is 64.2 Å². The minimum atomic E-state index is -0.461. The molecule has 6 heteroatoms. The number of fused-ring (bicyclic) bond motifs is 1. The number of nitrogens with zero attached hydrogens (tertiary/aromatic N) is 1. The molecule has 0 radical (unpaired) electrons. The van der Waals surface area contributed by atoms with Crippen molar-refractivity contribution in [2.45, 2.75) is 6.92 Å². The van der Waals surface area contributed by atoms with Gasteiger partial charge in [-0.15, -0.1) is 0 Å². The van der Waals surface area contributed by atoms with Crippen molar-refractivity contribution in [1.82, 2.24) is 10.3 Å². The maximum Gasteiger partial charge on any atom is 0.261 e. The molecule has 0 fully saturated rings. The lowest BCUT2D eigenvalue weighted by atomic mass is 10.1. The topological polar surface area (TPSA) is 86.3 Å². The molecule has 1 aromatic heterocycles. The van der Waals surface area contributed by atoms with Crippen LogP contribution in [0.1, 0.15) is 17.3 Å². The van der Waals surface area contributed by atoms with Gasteiger partial charge in [0.2, 0.25) is 0 Å². The molecule has 0 saturated heterocycles. The van der Waals surface area contributed by atoms with Gasteiger partial charge >= 0.3 is 0 Å². The molecule has 1 amide bonds. The predicted molar refractivity (Wildman–Crippen MR) is 94.0 cm³/mol. The largest absolute Gasteiger partial charge is 0.386 e. The summed E-state index contributed by atoms with van der Waals surface area (Å²) < 4.78 is 0. The second-order valence-electron chi connectivity index (χ2n) is 4.86. The van der Waals surface area contributed by atoms with E-state index < -0.39 is 11.5 Å². The molecule has 2 rings (SSSR count). The maximum absolute atomic E-state index is 12.3. The van der Waals surface area contributed by atoms with Crippen LogP contribution in [0.3, 0.4) is 0 Å². The predicted octanol–water partition coefficient (Wildman–Crippen LogP) is 2.42. The quantitative estimate of drug-likeness (QED) is 0.585. The first-order valence-electron chi connectivity index (χ1n) is 7.01. The van der Waals surface area contributed by atoms with Crippen LogP contribution in [-0.4, -0.2) is 24.7 Å². The first-order chi connectivity index (χ1) is 11.1. The van der Waals surface area contributed by atoms with Gasteiger partial charge in [0, 0.05) is 24.3 Å². The van der Waals surface area contributed by atoms with Crippen LogP contribution in [0.4, 0.5) is 5.69 Å². The Labute approximate surface area is 133 Å². The molecule has 0 saturated carbocycles. The summed E-state index contributed by atoms with van der Waals surface area (Å²) in [6.45, 7) is 5.04. The number of allylic oxidation sites excluding steroid dienone is 3. The number of H-pyrrole nitrogens is 1. The summed E-state index contributed by atoms with van der Waals surface area (Å²) in [4.78, 5) is 30.8. The lowest BCUT2D eigenvalue weighted by molar-refractivity contribution is 0.0964. The number of aromatic amines is 1. The number of hydrogen-bond acceptors (Lipinski definition) is 4. The van der Waals surface area contributed by atoms with Gasteiger partial charge in [0.1, 0.15) is 5.56 Å². The molecule has 1 aromatic carbocycles. The third-order valence-corrected chi connectivity index (χ3v) is 3.24. The van der Waals surface area contributed by atoms with Crippen molar-refractivity contribution in [3.63, 3.8) is 0 Å². The third-order valence-electron chi connectivity index (χ3n) is 3.24. The number of nitrogens with one attached hydrogen (secondary N) is 3. The number of carbonyl (C=O) groups excluding carboxylic acids is 1. The summed E-state index contributed by atoms with van der Waals surface area (Å²) in [6.07, 6.45) is 4.81. The van der Waals surface area contributed by atoms with Crippen LogP contribution in [0, 0.1) is 0 Å². The smallest absolute Gasteiger partial charge is 0.261 e. The molecule has 118 valence electrons. The summed E-state index contributed by atoms with van der Waals surface area (Å²) in [6, 6.07) is 7.13. The average molecular weight is 310 g/mol. The fourth-order valence-corrected chi connectivity index (χ4v) is 2.15. The molecule has 1 heterocycles.